The highest BCUT2D eigenvalue weighted by atomic mass is 35.5. The maximum Gasteiger partial charge on any atom is 0.306 e. The number of nitrogens with zero attached hydrogens (tertiary/aromatic N) is 3. The molecule has 0 aliphatic carbocycles. The van der Waals surface area contributed by atoms with Gasteiger partial charge in [0.25, 0.3) is 0 Å². The van der Waals surface area contributed by atoms with E-state index in [0.29, 0.717) is 41.5 Å². The first-order valence-electron chi connectivity index (χ1n) is 12.0. The minimum Gasteiger partial charge on any atom is -0.493 e. The minimum atomic E-state index is -0.488. The summed E-state index contributed by atoms with van der Waals surface area (Å²) in [5, 5.41) is 3.92. The topological polar surface area (TPSA) is 85.8 Å². The fourth-order valence-electron chi connectivity index (χ4n) is 4.94. The van der Waals surface area contributed by atoms with Crippen molar-refractivity contribution >= 4 is 40.0 Å². The summed E-state index contributed by atoms with van der Waals surface area (Å²) in [5.74, 6) is 1.10. The Labute approximate surface area is 213 Å². The molecule has 1 spiro atoms. The van der Waals surface area contributed by atoms with E-state index in [1.807, 2.05) is 12.1 Å². The molecule has 1 unspecified atom stereocenters. The number of fused-ring (bicyclic) bond motifs is 1. The van der Waals surface area contributed by atoms with Crippen LogP contribution in [0.15, 0.2) is 36.7 Å². The molecule has 1 N–H and O–H groups in total. The van der Waals surface area contributed by atoms with Gasteiger partial charge >= 0.3 is 5.97 Å². The number of likely N-dealkylation sites (tertiary alicyclic amines) is 1. The van der Waals surface area contributed by atoms with Crippen molar-refractivity contribution in [3.05, 3.63) is 47.5 Å². The number of nitrogens with one attached hydrogen (secondary N) is 1. The third kappa shape index (κ3) is 4.90. The van der Waals surface area contributed by atoms with E-state index in [1.54, 1.807) is 13.2 Å². The number of carbonyl (C=O) groups excluding carboxylic acids is 1. The second kappa shape index (κ2) is 10.1. The number of rotatable bonds is 7. The maximum absolute atomic E-state index is 13.6. The lowest BCUT2D eigenvalue weighted by molar-refractivity contribution is -0.137. The molecule has 2 aliphatic rings. The van der Waals surface area contributed by atoms with E-state index in [2.05, 4.69) is 27.1 Å². The molecule has 1 atom stereocenters. The largest absolute Gasteiger partial charge is 0.493 e. The van der Waals surface area contributed by atoms with Gasteiger partial charge in [-0.05, 0) is 43.5 Å². The number of piperidine rings is 1. The van der Waals surface area contributed by atoms with E-state index in [1.165, 1.54) is 18.5 Å². The van der Waals surface area contributed by atoms with Gasteiger partial charge in [0.2, 0.25) is 0 Å². The van der Waals surface area contributed by atoms with Gasteiger partial charge in [-0.25, -0.2) is 14.4 Å². The van der Waals surface area contributed by atoms with Crippen LogP contribution in [-0.2, 0) is 9.53 Å². The zero-order chi connectivity index (χ0) is 25.3. The van der Waals surface area contributed by atoms with Gasteiger partial charge in [0.05, 0.1) is 30.7 Å². The zero-order valence-electron chi connectivity index (χ0n) is 20.2. The lowest BCUT2D eigenvalue weighted by Crippen LogP contribution is -2.47. The van der Waals surface area contributed by atoms with Crippen molar-refractivity contribution in [2.24, 2.45) is 5.41 Å². The quantitative estimate of drug-likeness (QED) is 0.424. The summed E-state index contributed by atoms with van der Waals surface area (Å²) >= 11 is 5.93. The molecule has 3 heterocycles. The first kappa shape index (κ1) is 24.5. The molecule has 2 saturated heterocycles. The molecule has 2 aromatic carbocycles. The van der Waals surface area contributed by atoms with Crippen LogP contribution in [0.2, 0.25) is 5.02 Å². The Morgan fingerprint density at radius 2 is 2.03 bits per heavy atom. The Hall–Kier alpha value is -3.17. The average Bonchev–Trinajstić information content (AvgIpc) is 3.24. The van der Waals surface area contributed by atoms with E-state index in [4.69, 9.17) is 25.8 Å². The Kier molecular flexibility index (Phi) is 6.85. The number of cyclic esters (lactones) is 1. The standard InChI is InChI=1S/C26H28ClFN4O4/c1-3-23(32-8-6-26(7-9-32)13-24(33)35-14-26)36-22-12-20-17(11-21(22)34-2)25(30-15-29-20)31-16-4-5-19(28)18(27)10-16/h4-5,10-12,15,23H,3,6-9,13-14H2,1-2H3,(H,29,30,31). The Balaban J connectivity index is 1.36. The van der Waals surface area contributed by atoms with Crippen molar-refractivity contribution in [2.75, 3.05) is 32.1 Å². The van der Waals surface area contributed by atoms with Crippen LogP contribution in [0.1, 0.15) is 32.6 Å². The SMILES string of the molecule is CCC(Oc1cc2ncnc(Nc3ccc(F)c(Cl)c3)c2cc1OC)N1CCC2(CC1)COC(=O)C2. The summed E-state index contributed by atoms with van der Waals surface area (Å²) in [6.45, 7) is 4.28. The predicted octanol–water partition coefficient (Wildman–Crippen LogP) is 5.32. The van der Waals surface area contributed by atoms with Crippen LogP contribution in [-0.4, -0.2) is 53.9 Å². The van der Waals surface area contributed by atoms with Gasteiger partial charge in [-0.1, -0.05) is 18.5 Å². The summed E-state index contributed by atoms with van der Waals surface area (Å²) in [7, 11) is 1.59. The van der Waals surface area contributed by atoms with Crippen molar-refractivity contribution < 1.29 is 23.4 Å². The number of ether oxygens (including phenoxy) is 3. The van der Waals surface area contributed by atoms with Crippen LogP contribution < -0.4 is 14.8 Å². The zero-order valence-corrected chi connectivity index (χ0v) is 21.0. The summed E-state index contributed by atoms with van der Waals surface area (Å²) < 4.78 is 30.9. The van der Waals surface area contributed by atoms with Gasteiger partial charge in [-0.2, -0.15) is 0 Å². The predicted molar refractivity (Wildman–Crippen MR) is 134 cm³/mol. The van der Waals surface area contributed by atoms with E-state index < -0.39 is 5.82 Å². The summed E-state index contributed by atoms with van der Waals surface area (Å²) in [6.07, 6.45) is 4.42. The van der Waals surface area contributed by atoms with Crippen LogP contribution in [0.3, 0.4) is 0 Å². The smallest absolute Gasteiger partial charge is 0.306 e. The Morgan fingerprint density at radius 3 is 2.69 bits per heavy atom. The molecular formula is C26H28ClFN4O4. The van der Waals surface area contributed by atoms with Gasteiger partial charge < -0.3 is 19.5 Å². The van der Waals surface area contributed by atoms with Gasteiger partial charge in [0.15, 0.2) is 17.7 Å². The number of anilines is 2. The Bertz CT molecular complexity index is 1280. The fraction of sp³-hybridized carbons (Fsp3) is 0.423. The minimum absolute atomic E-state index is 0.0212. The second-order valence-corrected chi connectivity index (χ2v) is 9.76. The maximum atomic E-state index is 13.6. The van der Waals surface area contributed by atoms with Gasteiger partial charge in [0, 0.05) is 35.6 Å². The lowest BCUT2D eigenvalue weighted by atomic mass is 9.78. The van der Waals surface area contributed by atoms with Crippen LogP contribution in [0, 0.1) is 11.2 Å². The van der Waals surface area contributed by atoms with Crippen molar-refractivity contribution in [2.45, 2.75) is 38.8 Å². The Morgan fingerprint density at radius 1 is 1.22 bits per heavy atom. The van der Waals surface area contributed by atoms with Crippen molar-refractivity contribution in [1.82, 2.24) is 14.9 Å². The molecule has 5 rings (SSSR count). The average molecular weight is 515 g/mol. The normalized spacial score (nSPS) is 18.3. The molecule has 2 fully saturated rings. The third-order valence-electron chi connectivity index (χ3n) is 7.04. The van der Waals surface area contributed by atoms with Crippen molar-refractivity contribution in [1.29, 1.82) is 0 Å². The molecule has 3 aromatic rings. The molecule has 0 saturated carbocycles. The molecule has 0 radical (unpaired) electrons. The van der Waals surface area contributed by atoms with Crippen LogP contribution >= 0.6 is 11.6 Å². The highest BCUT2D eigenvalue weighted by Crippen LogP contribution is 2.41. The van der Waals surface area contributed by atoms with Crippen LogP contribution in [0.4, 0.5) is 15.9 Å². The number of halogens is 2. The first-order chi connectivity index (χ1) is 17.4. The van der Waals surface area contributed by atoms with Crippen molar-refractivity contribution in [3.8, 4) is 11.5 Å². The highest BCUT2D eigenvalue weighted by Gasteiger charge is 2.43. The van der Waals surface area contributed by atoms with Crippen LogP contribution in [0.25, 0.3) is 10.9 Å². The molecule has 2 aliphatic heterocycles. The molecule has 190 valence electrons. The first-order valence-corrected chi connectivity index (χ1v) is 12.4. The molecule has 0 amide bonds. The van der Waals surface area contributed by atoms with E-state index in [0.717, 1.165) is 37.7 Å². The van der Waals surface area contributed by atoms with E-state index in [-0.39, 0.29) is 22.6 Å². The van der Waals surface area contributed by atoms with Gasteiger partial charge in [-0.15, -0.1) is 0 Å². The summed E-state index contributed by atoms with van der Waals surface area (Å²) in [4.78, 5) is 22.7. The summed E-state index contributed by atoms with van der Waals surface area (Å²) in [5.41, 5.74) is 1.25. The molecule has 0 bridgehead atoms. The lowest BCUT2D eigenvalue weighted by Gasteiger charge is -2.40. The number of aromatic nitrogens is 2. The number of hydrogen-bond acceptors (Lipinski definition) is 8. The molecule has 36 heavy (non-hydrogen) atoms. The third-order valence-corrected chi connectivity index (χ3v) is 7.33. The summed E-state index contributed by atoms with van der Waals surface area (Å²) in [6, 6.07) is 8.06. The van der Waals surface area contributed by atoms with Gasteiger partial charge in [-0.3, -0.25) is 9.69 Å². The highest BCUT2D eigenvalue weighted by molar-refractivity contribution is 6.31. The van der Waals surface area contributed by atoms with E-state index >= 15 is 0 Å². The molecule has 10 heteroatoms. The van der Waals surface area contributed by atoms with Gasteiger partial charge in [0.1, 0.15) is 18.0 Å². The van der Waals surface area contributed by atoms with Crippen molar-refractivity contribution in [3.63, 3.8) is 0 Å². The number of benzene rings is 2. The fourth-order valence-corrected chi connectivity index (χ4v) is 5.12. The monoisotopic (exact) mass is 514 g/mol. The number of carbonyl (C=O) groups is 1. The number of esters is 1. The molecule has 8 nitrogen and oxygen atoms in total. The van der Waals surface area contributed by atoms with Crippen LogP contribution in [0.5, 0.6) is 11.5 Å². The second-order valence-electron chi connectivity index (χ2n) is 9.35. The molecular weight excluding hydrogens is 487 g/mol. The molecule has 1 aromatic heterocycles. The van der Waals surface area contributed by atoms with E-state index in [9.17, 15) is 9.18 Å². The number of methoxy groups -OCH3 is 1. The number of hydrogen-bond donors (Lipinski definition) is 1.